The SMILES string of the molecule is CCc1ccc(S(=O)(=O)c2cc(O)c(O)c(OC)c2)cc1. The van der Waals surface area contributed by atoms with Crippen molar-refractivity contribution in [2.75, 3.05) is 7.11 Å². The highest BCUT2D eigenvalue weighted by Crippen LogP contribution is 2.39. The number of hydrogen-bond acceptors (Lipinski definition) is 5. The second-order valence-corrected chi connectivity index (χ2v) is 6.44. The number of ether oxygens (including phenoxy) is 1. The van der Waals surface area contributed by atoms with E-state index in [2.05, 4.69) is 0 Å². The third-order valence-electron chi connectivity index (χ3n) is 3.20. The molecule has 0 saturated carbocycles. The number of phenols is 2. The molecule has 0 heterocycles. The Bertz CT molecular complexity index is 748. The third-order valence-corrected chi connectivity index (χ3v) is 4.95. The lowest BCUT2D eigenvalue weighted by Crippen LogP contribution is -2.02. The zero-order valence-corrected chi connectivity index (χ0v) is 12.5. The van der Waals surface area contributed by atoms with Crippen molar-refractivity contribution in [3.63, 3.8) is 0 Å². The largest absolute Gasteiger partial charge is 0.504 e. The van der Waals surface area contributed by atoms with Crippen molar-refractivity contribution in [1.82, 2.24) is 0 Å². The maximum atomic E-state index is 12.5. The first-order chi connectivity index (χ1) is 9.90. The monoisotopic (exact) mass is 308 g/mol. The maximum Gasteiger partial charge on any atom is 0.206 e. The summed E-state index contributed by atoms with van der Waals surface area (Å²) >= 11 is 0. The fourth-order valence-electron chi connectivity index (χ4n) is 1.92. The Morgan fingerprint density at radius 2 is 1.67 bits per heavy atom. The molecule has 0 fully saturated rings. The van der Waals surface area contributed by atoms with Gasteiger partial charge in [0.2, 0.25) is 15.6 Å². The van der Waals surface area contributed by atoms with E-state index < -0.39 is 21.3 Å². The molecule has 0 unspecified atom stereocenters. The van der Waals surface area contributed by atoms with E-state index in [1.54, 1.807) is 12.1 Å². The average Bonchev–Trinajstić information content (AvgIpc) is 2.49. The molecule has 2 aromatic carbocycles. The van der Waals surface area contributed by atoms with Gasteiger partial charge in [-0.3, -0.25) is 0 Å². The molecule has 0 amide bonds. The van der Waals surface area contributed by atoms with Gasteiger partial charge in [0, 0.05) is 12.1 Å². The molecule has 0 aliphatic carbocycles. The fraction of sp³-hybridized carbons (Fsp3) is 0.200. The van der Waals surface area contributed by atoms with Crippen molar-refractivity contribution in [2.45, 2.75) is 23.1 Å². The molecule has 5 nitrogen and oxygen atoms in total. The van der Waals surface area contributed by atoms with Gasteiger partial charge >= 0.3 is 0 Å². The summed E-state index contributed by atoms with van der Waals surface area (Å²) in [7, 11) is -2.51. The maximum absolute atomic E-state index is 12.5. The van der Waals surface area contributed by atoms with Crippen molar-refractivity contribution in [3.05, 3.63) is 42.0 Å². The predicted molar refractivity (Wildman–Crippen MR) is 77.6 cm³/mol. The van der Waals surface area contributed by atoms with Crippen molar-refractivity contribution < 1.29 is 23.4 Å². The molecule has 2 N–H and O–H groups in total. The van der Waals surface area contributed by atoms with E-state index >= 15 is 0 Å². The quantitative estimate of drug-likeness (QED) is 0.848. The van der Waals surface area contributed by atoms with E-state index in [1.165, 1.54) is 25.3 Å². The number of sulfone groups is 1. The Morgan fingerprint density at radius 3 is 2.19 bits per heavy atom. The van der Waals surface area contributed by atoms with Crippen LogP contribution in [0.25, 0.3) is 0 Å². The number of aromatic hydroxyl groups is 2. The summed E-state index contributed by atoms with van der Waals surface area (Å²) in [6.45, 7) is 1.98. The predicted octanol–water partition coefficient (Wildman–Crippen LogP) is 2.50. The van der Waals surface area contributed by atoms with Gasteiger partial charge in [-0.2, -0.15) is 0 Å². The van der Waals surface area contributed by atoms with Crippen LogP contribution in [0.15, 0.2) is 46.2 Å². The van der Waals surface area contributed by atoms with Gasteiger partial charge in [0.25, 0.3) is 0 Å². The number of hydrogen-bond donors (Lipinski definition) is 2. The zero-order valence-electron chi connectivity index (χ0n) is 11.7. The number of phenolic OH excluding ortho intramolecular Hbond substituents is 2. The van der Waals surface area contributed by atoms with Crippen LogP contribution in [-0.4, -0.2) is 25.7 Å². The van der Waals surface area contributed by atoms with Crippen molar-refractivity contribution in [2.24, 2.45) is 0 Å². The molecule has 0 aromatic heterocycles. The van der Waals surface area contributed by atoms with Crippen LogP contribution in [0.5, 0.6) is 17.2 Å². The van der Waals surface area contributed by atoms with Gasteiger partial charge in [-0.1, -0.05) is 19.1 Å². The summed E-state index contributed by atoms with van der Waals surface area (Å²) in [6.07, 6.45) is 0.814. The molecule has 0 spiro atoms. The Morgan fingerprint density at radius 1 is 1.05 bits per heavy atom. The van der Waals surface area contributed by atoms with Crippen LogP contribution in [0.4, 0.5) is 0 Å². The standard InChI is InChI=1S/C15H16O5S/c1-3-10-4-6-11(7-5-10)21(18,19)12-8-13(16)15(17)14(9-12)20-2/h4-9,16-17H,3H2,1-2H3. The molecule has 2 rings (SSSR count). The first kappa shape index (κ1) is 15.2. The van der Waals surface area contributed by atoms with Crippen LogP contribution >= 0.6 is 0 Å². The highest BCUT2D eigenvalue weighted by molar-refractivity contribution is 7.91. The number of aryl methyl sites for hydroxylation is 1. The molecule has 0 aliphatic heterocycles. The van der Waals surface area contributed by atoms with Gasteiger partial charge in [-0.25, -0.2) is 8.42 Å². The fourth-order valence-corrected chi connectivity index (χ4v) is 3.22. The van der Waals surface area contributed by atoms with Crippen LogP contribution in [0.1, 0.15) is 12.5 Å². The van der Waals surface area contributed by atoms with E-state index in [4.69, 9.17) is 4.74 Å². The summed E-state index contributed by atoms with van der Waals surface area (Å²) in [5.41, 5.74) is 1.03. The molecule has 0 aliphatic rings. The Kier molecular flexibility index (Phi) is 4.09. The molecular formula is C15H16O5S. The Labute approximate surface area is 123 Å². The topological polar surface area (TPSA) is 83.8 Å². The average molecular weight is 308 g/mol. The first-order valence-corrected chi connectivity index (χ1v) is 7.82. The van der Waals surface area contributed by atoms with Gasteiger partial charge in [-0.05, 0) is 24.1 Å². The van der Waals surface area contributed by atoms with Crippen LogP contribution in [-0.2, 0) is 16.3 Å². The minimum atomic E-state index is -3.79. The van der Waals surface area contributed by atoms with E-state index in [-0.39, 0.29) is 15.5 Å². The Hall–Kier alpha value is -2.21. The van der Waals surface area contributed by atoms with Crippen LogP contribution in [0, 0.1) is 0 Å². The van der Waals surface area contributed by atoms with Gasteiger partial charge in [0.05, 0.1) is 16.9 Å². The van der Waals surface area contributed by atoms with Gasteiger partial charge in [0.15, 0.2) is 11.5 Å². The molecule has 21 heavy (non-hydrogen) atoms. The third kappa shape index (κ3) is 2.80. The van der Waals surface area contributed by atoms with Crippen molar-refractivity contribution in [3.8, 4) is 17.2 Å². The molecular weight excluding hydrogens is 292 g/mol. The highest BCUT2D eigenvalue weighted by atomic mass is 32.2. The number of benzene rings is 2. The van der Waals surface area contributed by atoms with Gasteiger partial charge < -0.3 is 14.9 Å². The van der Waals surface area contributed by atoms with E-state index in [1.807, 2.05) is 6.92 Å². The summed E-state index contributed by atoms with van der Waals surface area (Å²) in [4.78, 5) is -0.0225. The number of rotatable bonds is 4. The van der Waals surface area contributed by atoms with Crippen LogP contribution in [0.2, 0.25) is 0 Å². The minimum absolute atomic E-state index is 0.0984. The summed E-state index contributed by atoms with van der Waals surface area (Å²) < 4.78 is 29.9. The molecule has 0 radical (unpaired) electrons. The molecule has 0 saturated heterocycles. The lowest BCUT2D eigenvalue weighted by Gasteiger charge is -2.10. The molecule has 112 valence electrons. The second-order valence-electron chi connectivity index (χ2n) is 4.49. The van der Waals surface area contributed by atoms with E-state index in [0.29, 0.717) is 0 Å². The summed E-state index contributed by atoms with van der Waals surface area (Å²) in [5, 5.41) is 19.2. The van der Waals surface area contributed by atoms with Gasteiger partial charge in [-0.15, -0.1) is 0 Å². The van der Waals surface area contributed by atoms with Crippen LogP contribution < -0.4 is 4.74 Å². The van der Waals surface area contributed by atoms with Gasteiger partial charge in [0.1, 0.15) is 0 Å². The lowest BCUT2D eigenvalue weighted by molar-refractivity contribution is 0.349. The smallest absolute Gasteiger partial charge is 0.206 e. The zero-order chi connectivity index (χ0) is 15.6. The number of methoxy groups -OCH3 is 1. The second kappa shape index (κ2) is 5.65. The molecule has 0 atom stereocenters. The minimum Gasteiger partial charge on any atom is -0.504 e. The molecule has 6 heteroatoms. The van der Waals surface area contributed by atoms with Crippen molar-refractivity contribution >= 4 is 9.84 Å². The molecule has 0 bridgehead atoms. The summed E-state index contributed by atoms with van der Waals surface area (Å²) in [6, 6.07) is 8.70. The van der Waals surface area contributed by atoms with E-state index in [9.17, 15) is 18.6 Å². The molecule has 2 aromatic rings. The first-order valence-electron chi connectivity index (χ1n) is 6.34. The van der Waals surface area contributed by atoms with E-state index in [0.717, 1.165) is 18.1 Å². The highest BCUT2D eigenvalue weighted by Gasteiger charge is 2.21. The summed E-state index contributed by atoms with van der Waals surface area (Å²) in [5.74, 6) is -1.13. The van der Waals surface area contributed by atoms with Crippen molar-refractivity contribution in [1.29, 1.82) is 0 Å². The lowest BCUT2D eigenvalue weighted by atomic mass is 10.2. The Balaban J connectivity index is 2.55. The normalized spacial score (nSPS) is 11.3. The van der Waals surface area contributed by atoms with Crippen LogP contribution in [0.3, 0.4) is 0 Å².